The largest absolute Gasteiger partial charge is 0.382 e. The maximum Gasteiger partial charge on any atom is 0.0342 e. The normalized spacial score (nSPS) is 27.5. The van der Waals surface area contributed by atoms with Crippen LogP contribution in [-0.2, 0) is 0 Å². The maximum absolute atomic E-state index is 5.84. The van der Waals surface area contributed by atoms with E-state index >= 15 is 0 Å². The molecule has 0 heterocycles. The first-order chi connectivity index (χ1) is 6.34. The number of anilines is 1. The molecule has 1 aromatic carbocycles. The Labute approximate surface area is 79.1 Å². The number of hydrogen-bond donors (Lipinski definition) is 2. The van der Waals surface area contributed by atoms with Crippen molar-refractivity contribution in [3.05, 3.63) is 30.3 Å². The summed E-state index contributed by atoms with van der Waals surface area (Å²) in [5.74, 6) is 0. The Balaban J connectivity index is 1.92. The third-order valence-corrected chi connectivity index (χ3v) is 2.62. The molecule has 13 heavy (non-hydrogen) atoms. The Kier molecular flexibility index (Phi) is 2.50. The van der Waals surface area contributed by atoms with Gasteiger partial charge in [-0.2, -0.15) is 0 Å². The van der Waals surface area contributed by atoms with E-state index in [1.807, 2.05) is 6.07 Å². The zero-order valence-electron chi connectivity index (χ0n) is 7.74. The van der Waals surface area contributed by atoms with Crippen LogP contribution in [0.4, 0.5) is 5.69 Å². The van der Waals surface area contributed by atoms with E-state index in [2.05, 4.69) is 29.6 Å². The highest BCUT2D eigenvalue weighted by atomic mass is 14.9. The summed E-state index contributed by atoms with van der Waals surface area (Å²) in [6.45, 7) is 0. The first-order valence-electron chi connectivity index (χ1n) is 4.92. The van der Waals surface area contributed by atoms with Gasteiger partial charge in [-0.15, -0.1) is 0 Å². The number of para-hydroxylation sites is 1. The quantitative estimate of drug-likeness (QED) is 0.723. The molecule has 0 amide bonds. The molecule has 70 valence electrons. The van der Waals surface area contributed by atoms with Crippen molar-refractivity contribution in [3.63, 3.8) is 0 Å². The highest BCUT2D eigenvalue weighted by Crippen LogP contribution is 2.21. The van der Waals surface area contributed by atoms with Gasteiger partial charge in [0, 0.05) is 17.8 Å². The van der Waals surface area contributed by atoms with Gasteiger partial charge in [0.05, 0.1) is 0 Å². The van der Waals surface area contributed by atoms with Crippen LogP contribution >= 0.6 is 0 Å². The van der Waals surface area contributed by atoms with Gasteiger partial charge in [0.15, 0.2) is 0 Å². The number of rotatable bonds is 2. The van der Waals surface area contributed by atoms with Gasteiger partial charge in [-0.1, -0.05) is 18.2 Å². The molecule has 1 aromatic rings. The molecule has 1 aliphatic rings. The minimum Gasteiger partial charge on any atom is -0.382 e. The molecule has 0 unspecified atom stereocenters. The molecule has 0 aromatic heterocycles. The molecule has 0 spiro atoms. The van der Waals surface area contributed by atoms with E-state index in [4.69, 9.17) is 5.73 Å². The Morgan fingerprint density at radius 2 is 1.92 bits per heavy atom. The van der Waals surface area contributed by atoms with Crippen LogP contribution in [-0.4, -0.2) is 12.1 Å². The van der Waals surface area contributed by atoms with Gasteiger partial charge in [0.2, 0.25) is 0 Å². The highest BCUT2D eigenvalue weighted by molar-refractivity contribution is 5.43. The van der Waals surface area contributed by atoms with Gasteiger partial charge >= 0.3 is 0 Å². The fourth-order valence-corrected chi connectivity index (χ4v) is 1.92. The van der Waals surface area contributed by atoms with Gasteiger partial charge in [-0.25, -0.2) is 0 Å². The molecule has 2 rings (SSSR count). The SMILES string of the molecule is N[C@@H]1CC[C@H](Nc2ccccc2)C1. The molecule has 1 aliphatic carbocycles. The second kappa shape index (κ2) is 3.79. The van der Waals surface area contributed by atoms with E-state index in [0.717, 1.165) is 12.8 Å². The zero-order valence-corrected chi connectivity index (χ0v) is 7.74. The summed E-state index contributed by atoms with van der Waals surface area (Å²) in [6.07, 6.45) is 3.47. The summed E-state index contributed by atoms with van der Waals surface area (Å²) < 4.78 is 0. The Morgan fingerprint density at radius 3 is 2.54 bits per heavy atom. The third-order valence-electron chi connectivity index (χ3n) is 2.62. The topological polar surface area (TPSA) is 38.0 Å². The van der Waals surface area contributed by atoms with Crippen LogP contribution in [0.5, 0.6) is 0 Å². The minimum absolute atomic E-state index is 0.404. The summed E-state index contributed by atoms with van der Waals surface area (Å²) in [5, 5.41) is 3.49. The molecule has 2 heteroatoms. The molecule has 0 saturated heterocycles. The van der Waals surface area contributed by atoms with Crippen molar-refractivity contribution in [2.75, 3.05) is 5.32 Å². The average molecular weight is 176 g/mol. The van der Waals surface area contributed by atoms with Crippen LogP contribution in [0.1, 0.15) is 19.3 Å². The van der Waals surface area contributed by atoms with E-state index in [1.165, 1.54) is 12.1 Å². The van der Waals surface area contributed by atoms with Gasteiger partial charge in [-0.3, -0.25) is 0 Å². The number of hydrogen-bond acceptors (Lipinski definition) is 2. The molecule has 0 radical (unpaired) electrons. The third kappa shape index (κ3) is 2.22. The summed E-state index contributed by atoms with van der Waals surface area (Å²) >= 11 is 0. The summed E-state index contributed by atoms with van der Waals surface area (Å²) in [7, 11) is 0. The minimum atomic E-state index is 0.404. The van der Waals surface area contributed by atoms with E-state index in [9.17, 15) is 0 Å². The molecule has 0 bridgehead atoms. The lowest BCUT2D eigenvalue weighted by Gasteiger charge is -2.13. The van der Waals surface area contributed by atoms with Crippen molar-refractivity contribution in [2.45, 2.75) is 31.3 Å². The van der Waals surface area contributed by atoms with Crippen molar-refractivity contribution in [1.29, 1.82) is 0 Å². The first kappa shape index (κ1) is 8.57. The molecule has 0 aliphatic heterocycles. The van der Waals surface area contributed by atoms with Crippen LogP contribution in [0.15, 0.2) is 30.3 Å². The van der Waals surface area contributed by atoms with Crippen LogP contribution in [0.25, 0.3) is 0 Å². The lowest BCUT2D eigenvalue weighted by molar-refractivity contribution is 0.688. The lowest BCUT2D eigenvalue weighted by atomic mass is 10.2. The summed E-state index contributed by atoms with van der Waals surface area (Å²) in [6, 6.07) is 11.3. The number of nitrogens with two attached hydrogens (primary N) is 1. The molecule has 1 fully saturated rings. The predicted molar refractivity (Wildman–Crippen MR) is 55.7 cm³/mol. The molecule has 2 nitrogen and oxygen atoms in total. The summed E-state index contributed by atoms with van der Waals surface area (Å²) in [5.41, 5.74) is 7.05. The van der Waals surface area contributed by atoms with E-state index in [1.54, 1.807) is 0 Å². The van der Waals surface area contributed by atoms with E-state index in [0.29, 0.717) is 12.1 Å². The van der Waals surface area contributed by atoms with Crippen molar-refractivity contribution < 1.29 is 0 Å². The lowest BCUT2D eigenvalue weighted by Crippen LogP contribution is -2.20. The standard InChI is InChI=1S/C11H16N2/c12-9-6-7-11(8-9)13-10-4-2-1-3-5-10/h1-5,9,11,13H,6-8,12H2/t9-,11+/m1/s1. The van der Waals surface area contributed by atoms with Crippen molar-refractivity contribution >= 4 is 5.69 Å². The van der Waals surface area contributed by atoms with Crippen LogP contribution in [0.2, 0.25) is 0 Å². The molecule has 3 N–H and O–H groups in total. The smallest absolute Gasteiger partial charge is 0.0342 e. The Hall–Kier alpha value is -1.02. The highest BCUT2D eigenvalue weighted by Gasteiger charge is 2.20. The van der Waals surface area contributed by atoms with Crippen molar-refractivity contribution in [2.24, 2.45) is 5.73 Å². The van der Waals surface area contributed by atoms with Gasteiger partial charge in [-0.05, 0) is 31.4 Å². The second-order valence-corrected chi connectivity index (χ2v) is 3.78. The van der Waals surface area contributed by atoms with Gasteiger partial charge < -0.3 is 11.1 Å². The fourth-order valence-electron chi connectivity index (χ4n) is 1.92. The zero-order chi connectivity index (χ0) is 9.10. The molecule has 1 saturated carbocycles. The van der Waals surface area contributed by atoms with Crippen molar-refractivity contribution in [1.82, 2.24) is 0 Å². The maximum atomic E-state index is 5.84. The van der Waals surface area contributed by atoms with E-state index in [-0.39, 0.29) is 0 Å². The second-order valence-electron chi connectivity index (χ2n) is 3.78. The Morgan fingerprint density at radius 1 is 1.15 bits per heavy atom. The van der Waals surface area contributed by atoms with Crippen molar-refractivity contribution in [3.8, 4) is 0 Å². The van der Waals surface area contributed by atoms with E-state index < -0.39 is 0 Å². The molecule has 2 atom stereocenters. The molecular formula is C11H16N2. The van der Waals surface area contributed by atoms with Crippen LogP contribution < -0.4 is 11.1 Å². The van der Waals surface area contributed by atoms with Gasteiger partial charge in [0.1, 0.15) is 0 Å². The predicted octanol–water partition coefficient (Wildman–Crippen LogP) is 1.98. The first-order valence-corrected chi connectivity index (χ1v) is 4.92. The molecular weight excluding hydrogens is 160 g/mol. The van der Waals surface area contributed by atoms with Crippen LogP contribution in [0, 0.1) is 0 Å². The van der Waals surface area contributed by atoms with Gasteiger partial charge in [0.25, 0.3) is 0 Å². The monoisotopic (exact) mass is 176 g/mol. The summed E-state index contributed by atoms with van der Waals surface area (Å²) in [4.78, 5) is 0. The van der Waals surface area contributed by atoms with Crippen LogP contribution in [0.3, 0.4) is 0 Å². The average Bonchev–Trinajstić information content (AvgIpc) is 2.53. The number of benzene rings is 1. The Bertz CT molecular complexity index is 258. The fraction of sp³-hybridized carbons (Fsp3) is 0.455. The number of nitrogens with one attached hydrogen (secondary N) is 1.